The van der Waals surface area contributed by atoms with Gasteiger partial charge in [-0.25, -0.2) is 9.78 Å². The number of esters is 1. The number of nitrogens with zero attached hydrogens (tertiary/aromatic N) is 3. The maximum Gasteiger partial charge on any atom is 0.356 e. The first-order valence-corrected chi connectivity index (χ1v) is 6.88. The molecule has 0 bridgehead atoms. The van der Waals surface area contributed by atoms with E-state index in [1.807, 2.05) is 29.8 Å². The van der Waals surface area contributed by atoms with Crippen molar-refractivity contribution in [2.45, 2.75) is 13.8 Å². The molecule has 0 aliphatic rings. The van der Waals surface area contributed by atoms with Gasteiger partial charge < -0.3 is 9.30 Å². The smallest absolute Gasteiger partial charge is 0.356 e. The SMILES string of the molecule is CCOC(=O)c1cn2cc(-c3ccc(C)cc3)nc2n1C. The Balaban J connectivity index is 2.02. The third kappa shape index (κ3) is 2.31. The van der Waals surface area contributed by atoms with Gasteiger partial charge in [-0.05, 0) is 13.8 Å². The summed E-state index contributed by atoms with van der Waals surface area (Å²) in [4.78, 5) is 16.4. The lowest BCUT2D eigenvalue weighted by molar-refractivity contribution is 0.0515. The van der Waals surface area contributed by atoms with E-state index in [2.05, 4.69) is 24.0 Å². The van der Waals surface area contributed by atoms with Crippen LogP contribution in [-0.4, -0.2) is 26.5 Å². The third-order valence-electron chi connectivity index (χ3n) is 3.47. The van der Waals surface area contributed by atoms with Crippen molar-refractivity contribution in [3.05, 3.63) is 47.9 Å². The second-order valence-electron chi connectivity index (χ2n) is 4.99. The standard InChI is InChI=1S/C16H17N3O2/c1-4-21-15(20)14-10-19-9-13(17-16(19)18(14)3)12-7-5-11(2)6-8-12/h5-10H,4H2,1-3H3. The van der Waals surface area contributed by atoms with Crippen molar-refractivity contribution in [3.8, 4) is 11.3 Å². The Morgan fingerprint density at radius 2 is 1.95 bits per heavy atom. The molecule has 1 aromatic carbocycles. The maximum atomic E-state index is 11.8. The Bertz CT molecular complexity index is 797. The summed E-state index contributed by atoms with van der Waals surface area (Å²) in [6, 6.07) is 8.21. The number of aromatic nitrogens is 3. The number of ether oxygens (including phenoxy) is 1. The summed E-state index contributed by atoms with van der Waals surface area (Å²) in [5.41, 5.74) is 3.65. The summed E-state index contributed by atoms with van der Waals surface area (Å²) in [7, 11) is 1.81. The fourth-order valence-corrected chi connectivity index (χ4v) is 2.31. The molecule has 0 radical (unpaired) electrons. The fourth-order valence-electron chi connectivity index (χ4n) is 2.31. The van der Waals surface area contributed by atoms with E-state index in [-0.39, 0.29) is 5.97 Å². The van der Waals surface area contributed by atoms with Crippen LogP contribution in [0, 0.1) is 6.92 Å². The van der Waals surface area contributed by atoms with E-state index in [1.54, 1.807) is 17.7 Å². The molecular formula is C16H17N3O2. The highest BCUT2D eigenvalue weighted by atomic mass is 16.5. The predicted molar refractivity (Wildman–Crippen MR) is 80.3 cm³/mol. The van der Waals surface area contributed by atoms with Gasteiger partial charge in [0.2, 0.25) is 5.78 Å². The number of carbonyl (C=O) groups is 1. The van der Waals surface area contributed by atoms with Gasteiger partial charge in [-0.3, -0.25) is 4.40 Å². The maximum absolute atomic E-state index is 11.8. The van der Waals surface area contributed by atoms with Gasteiger partial charge in [0.1, 0.15) is 5.69 Å². The summed E-state index contributed by atoms with van der Waals surface area (Å²) in [5, 5.41) is 0. The average Bonchev–Trinajstić information content (AvgIpc) is 3.00. The van der Waals surface area contributed by atoms with Crippen molar-refractivity contribution < 1.29 is 9.53 Å². The van der Waals surface area contributed by atoms with E-state index in [9.17, 15) is 4.79 Å². The normalized spacial score (nSPS) is 11.0. The molecule has 0 saturated heterocycles. The molecule has 0 aliphatic carbocycles. The molecule has 0 spiro atoms. The zero-order chi connectivity index (χ0) is 15.0. The Hall–Kier alpha value is -2.56. The van der Waals surface area contributed by atoms with E-state index in [0.717, 1.165) is 11.3 Å². The minimum Gasteiger partial charge on any atom is -0.461 e. The van der Waals surface area contributed by atoms with Crippen LogP contribution in [-0.2, 0) is 11.8 Å². The van der Waals surface area contributed by atoms with Crippen LogP contribution in [0.2, 0.25) is 0 Å². The summed E-state index contributed by atoms with van der Waals surface area (Å²) >= 11 is 0. The highest BCUT2D eigenvalue weighted by Gasteiger charge is 2.16. The molecule has 0 unspecified atom stereocenters. The topological polar surface area (TPSA) is 48.5 Å². The van der Waals surface area contributed by atoms with Gasteiger partial charge in [-0.15, -0.1) is 0 Å². The minimum atomic E-state index is -0.331. The zero-order valence-corrected chi connectivity index (χ0v) is 12.3. The van der Waals surface area contributed by atoms with Crippen LogP contribution < -0.4 is 0 Å². The number of hydrogen-bond donors (Lipinski definition) is 0. The number of carbonyl (C=O) groups excluding carboxylic acids is 1. The molecule has 0 aliphatic heterocycles. The molecular weight excluding hydrogens is 266 g/mol. The van der Waals surface area contributed by atoms with E-state index < -0.39 is 0 Å². The Morgan fingerprint density at radius 3 is 2.57 bits per heavy atom. The minimum absolute atomic E-state index is 0.331. The first kappa shape index (κ1) is 13.4. The van der Waals surface area contributed by atoms with Crippen molar-refractivity contribution in [3.63, 3.8) is 0 Å². The highest BCUT2D eigenvalue weighted by molar-refractivity contribution is 5.88. The van der Waals surface area contributed by atoms with Gasteiger partial charge in [0, 0.05) is 25.0 Å². The van der Waals surface area contributed by atoms with Gasteiger partial charge in [0.15, 0.2) is 0 Å². The summed E-state index contributed by atoms with van der Waals surface area (Å²) in [5.74, 6) is 0.385. The van der Waals surface area contributed by atoms with Crippen LogP contribution in [0.15, 0.2) is 36.7 Å². The molecule has 0 amide bonds. The molecule has 2 aromatic heterocycles. The fraction of sp³-hybridized carbons (Fsp3) is 0.250. The summed E-state index contributed by atoms with van der Waals surface area (Å²) < 4.78 is 8.63. The van der Waals surface area contributed by atoms with Gasteiger partial charge in [-0.1, -0.05) is 29.8 Å². The van der Waals surface area contributed by atoms with Crippen LogP contribution >= 0.6 is 0 Å². The van der Waals surface area contributed by atoms with Crippen LogP contribution in [0.25, 0.3) is 17.0 Å². The Morgan fingerprint density at radius 1 is 1.24 bits per heavy atom. The Kier molecular flexibility index (Phi) is 3.25. The van der Waals surface area contributed by atoms with Crippen LogP contribution in [0.5, 0.6) is 0 Å². The van der Waals surface area contributed by atoms with Crippen LogP contribution in [0.3, 0.4) is 0 Å². The molecule has 0 N–H and O–H groups in total. The highest BCUT2D eigenvalue weighted by Crippen LogP contribution is 2.21. The van der Waals surface area contributed by atoms with Crippen LogP contribution in [0.1, 0.15) is 23.0 Å². The molecule has 0 saturated carbocycles. The lowest BCUT2D eigenvalue weighted by Crippen LogP contribution is -2.09. The molecule has 0 atom stereocenters. The third-order valence-corrected chi connectivity index (χ3v) is 3.47. The number of benzene rings is 1. The van der Waals surface area contributed by atoms with E-state index in [4.69, 9.17) is 4.74 Å². The molecule has 5 nitrogen and oxygen atoms in total. The quantitative estimate of drug-likeness (QED) is 0.694. The predicted octanol–water partition coefficient (Wildman–Crippen LogP) is 2.82. The summed E-state index contributed by atoms with van der Waals surface area (Å²) in [6.07, 6.45) is 3.67. The first-order chi connectivity index (χ1) is 10.1. The van der Waals surface area contributed by atoms with Crippen molar-refractivity contribution >= 4 is 11.7 Å². The molecule has 2 heterocycles. The molecule has 3 rings (SSSR count). The average molecular weight is 283 g/mol. The largest absolute Gasteiger partial charge is 0.461 e. The first-order valence-electron chi connectivity index (χ1n) is 6.88. The number of hydrogen-bond acceptors (Lipinski definition) is 3. The van der Waals surface area contributed by atoms with E-state index in [1.165, 1.54) is 5.56 Å². The van der Waals surface area contributed by atoms with Crippen molar-refractivity contribution in [2.75, 3.05) is 6.61 Å². The molecule has 21 heavy (non-hydrogen) atoms. The van der Waals surface area contributed by atoms with E-state index in [0.29, 0.717) is 18.1 Å². The van der Waals surface area contributed by atoms with Crippen molar-refractivity contribution in [1.82, 2.24) is 14.0 Å². The van der Waals surface area contributed by atoms with E-state index >= 15 is 0 Å². The van der Waals surface area contributed by atoms with Crippen LogP contribution in [0.4, 0.5) is 0 Å². The lowest BCUT2D eigenvalue weighted by Gasteiger charge is -2.01. The number of imidazole rings is 2. The van der Waals surface area contributed by atoms with Gasteiger partial charge in [-0.2, -0.15) is 0 Å². The molecule has 108 valence electrons. The molecule has 0 fully saturated rings. The van der Waals surface area contributed by atoms with Gasteiger partial charge in [0.25, 0.3) is 0 Å². The van der Waals surface area contributed by atoms with Crippen molar-refractivity contribution in [2.24, 2.45) is 7.05 Å². The monoisotopic (exact) mass is 283 g/mol. The zero-order valence-electron chi connectivity index (χ0n) is 12.3. The van der Waals surface area contributed by atoms with Gasteiger partial charge in [0.05, 0.1) is 12.3 Å². The second-order valence-corrected chi connectivity index (χ2v) is 4.99. The number of fused-ring (bicyclic) bond motifs is 1. The van der Waals surface area contributed by atoms with Gasteiger partial charge >= 0.3 is 5.97 Å². The number of aryl methyl sites for hydroxylation is 2. The molecule has 3 aromatic rings. The van der Waals surface area contributed by atoms with Crippen molar-refractivity contribution in [1.29, 1.82) is 0 Å². The Labute approximate surface area is 122 Å². The molecule has 5 heteroatoms. The number of rotatable bonds is 3. The lowest BCUT2D eigenvalue weighted by atomic mass is 10.1. The second kappa shape index (κ2) is 5.09. The summed E-state index contributed by atoms with van der Waals surface area (Å²) in [6.45, 7) is 4.21.